The van der Waals surface area contributed by atoms with Crippen LogP contribution in [0.1, 0.15) is 18.1 Å². The molecule has 14 atom stereocenters. The van der Waals surface area contributed by atoms with Gasteiger partial charge in [-0.3, -0.25) is 0 Å². The molecule has 5 rings (SSSR count). The van der Waals surface area contributed by atoms with Crippen molar-refractivity contribution in [2.75, 3.05) is 19.8 Å². The predicted molar refractivity (Wildman–Crippen MR) is 174 cm³/mol. The van der Waals surface area contributed by atoms with Crippen molar-refractivity contribution in [3.05, 3.63) is 53.6 Å². The second-order valence-electron chi connectivity index (χ2n) is 12.8. The maximum absolute atomic E-state index is 13.2. The number of aliphatic hydroxyl groups excluding tert-OH is 7. The van der Waals surface area contributed by atoms with E-state index >= 15 is 0 Å². The van der Waals surface area contributed by atoms with Crippen LogP contribution >= 0.6 is 0 Å². The summed E-state index contributed by atoms with van der Waals surface area (Å²) >= 11 is 0. The second-order valence-corrected chi connectivity index (χ2v) is 12.8. The van der Waals surface area contributed by atoms with Gasteiger partial charge in [-0.1, -0.05) is 12.1 Å². The highest BCUT2D eigenvalue weighted by molar-refractivity contribution is 5.87. The number of carbonyl (C=O) groups is 1. The summed E-state index contributed by atoms with van der Waals surface area (Å²) in [6.45, 7) is -0.101. The first-order valence-corrected chi connectivity index (χ1v) is 16.6. The van der Waals surface area contributed by atoms with Gasteiger partial charge in [-0.05, 0) is 54.8 Å². The molecular weight excluding hydrogens is 712 g/mol. The minimum absolute atomic E-state index is 0.116. The molecule has 3 aliphatic heterocycles. The van der Waals surface area contributed by atoms with E-state index in [4.69, 9.17) is 33.2 Å². The van der Waals surface area contributed by atoms with E-state index < -0.39 is 117 Å². The standard InChI is InChI=1S/C34H44O19/c1-14-24(42)26(44)28(46)33(49-14)52-30-29(51-23(41)7-4-15-2-5-17(36)19(38)10-15)22(12-35)50-34(47-9-8-16-3-6-18(37)20(39)11-16)31(30)53-32-27(45)25(43)21(40)13-48-32/h2-7,10-11,14,21-22,24-40,42-46H,8-9,12-13H2,1H3/b7-4+/t14-,21-,22+,24-,25+,26+,27-,28+,29+,30-,31+,32-,33-,34+/m0/s1. The average Bonchev–Trinajstić information content (AvgIpc) is 3.13. The van der Waals surface area contributed by atoms with Crippen molar-refractivity contribution in [1.82, 2.24) is 0 Å². The SMILES string of the molecule is C[C@@H]1O[C@@H](O[C@@H]2[C@@H](O[C@@H]3OC[C@H](O)[C@@H](O)[C@@H]3O)[C@H](OCCc3ccc(O)c(O)c3)O[C@H](CO)[C@H]2OC(=O)/C=C/c2ccc(O)c(O)c2)[C@H](O)[C@H](O)[C@H]1O. The largest absolute Gasteiger partial charge is 0.504 e. The van der Waals surface area contributed by atoms with Crippen LogP contribution in [0.4, 0.5) is 0 Å². The zero-order valence-corrected chi connectivity index (χ0v) is 28.2. The summed E-state index contributed by atoms with van der Waals surface area (Å²) in [5, 5.41) is 112. The summed E-state index contributed by atoms with van der Waals surface area (Å²) in [7, 11) is 0. The zero-order valence-electron chi connectivity index (χ0n) is 28.2. The minimum atomic E-state index is -1.88. The average molecular weight is 757 g/mol. The van der Waals surface area contributed by atoms with Gasteiger partial charge in [0.25, 0.3) is 0 Å². The van der Waals surface area contributed by atoms with Gasteiger partial charge < -0.3 is 89.3 Å². The van der Waals surface area contributed by atoms with Gasteiger partial charge in [-0.15, -0.1) is 0 Å². The molecule has 19 nitrogen and oxygen atoms in total. The lowest BCUT2D eigenvalue weighted by Crippen LogP contribution is -2.67. The van der Waals surface area contributed by atoms with Crippen molar-refractivity contribution in [2.45, 2.75) is 99.4 Å². The van der Waals surface area contributed by atoms with Gasteiger partial charge in [0.05, 0.1) is 25.9 Å². The molecular formula is C34H44O19. The van der Waals surface area contributed by atoms with E-state index in [0.717, 1.165) is 6.08 Å². The van der Waals surface area contributed by atoms with Crippen molar-refractivity contribution < 1.29 is 94.1 Å². The highest BCUT2D eigenvalue weighted by Gasteiger charge is 2.55. The smallest absolute Gasteiger partial charge is 0.331 e. The lowest BCUT2D eigenvalue weighted by Gasteiger charge is -2.49. The number of aliphatic hydroxyl groups is 7. The first kappa shape index (κ1) is 40.5. The van der Waals surface area contributed by atoms with Crippen LogP contribution in [-0.4, -0.2) is 168 Å². The van der Waals surface area contributed by atoms with Crippen LogP contribution in [0.15, 0.2) is 42.5 Å². The van der Waals surface area contributed by atoms with E-state index in [-0.39, 0.29) is 30.1 Å². The predicted octanol–water partition coefficient (Wildman–Crippen LogP) is -2.55. The number of hydrogen-bond donors (Lipinski definition) is 11. The summed E-state index contributed by atoms with van der Waals surface area (Å²) in [5.74, 6) is -2.64. The number of hydrogen-bond acceptors (Lipinski definition) is 19. The van der Waals surface area contributed by atoms with Crippen LogP contribution in [-0.2, 0) is 44.4 Å². The quantitative estimate of drug-likeness (QED) is 0.0603. The molecule has 0 aromatic heterocycles. The minimum Gasteiger partial charge on any atom is -0.504 e. The third-order valence-corrected chi connectivity index (χ3v) is 8.99. The molecule has 3 saturated heterocycles. The molecule has 2 aromatic carbocycles. The van der Waals surface area contributed by atoms with E-state index in [0.29, 0.717) is 5.56 Å². The molecule has 0 saturated carbocycles. The van der Waals surface area contributed by atoms with Crippen molar-refractivity contribution in [1.29, 1.82) is 0 Å². The maximum Gasteiger partial charge on any atom is 0.331 e. The fraction of sp³-hybridized carbons (Fsp3) is 0.559. The van der Waals surface area contributed by atoms with Gasteiger partial charge in [0.1, 0.15) is 54.9 Å². The van der Waals surface area contributed by atoms with E-state index in [2.05, 4.69) is 0 Å². The molecule has 0 spiro atoms. The molecule has 0 bridgehead atoms. The summed E-state index contributed by atoms with van der Waals surface area (Å²) in [4.78, 5) is 13.2. The third kappa shape index (κ3) is 9.53. The molecule has 0 radical (unpaired) electrons. The van der Waals surface area contributed by atoms with Crippen molar-refractivity contribution in [3.63, 3.8) is 0 Å². The molecule has 0 unspecified atom stereocenters. The van der Waals surface area contributed by atoms with Crippen molar-refractivity contribution in [3.8, 4) is 23.0 Å². The fourth-order valence-corrected chi connectivity index (χ4v) is 5.93. The van der Waals surface area contributed by atoms with Gasteiger partial charge in [0.2, 0.25) is 0 Å². The number of phenolic OH excluding ortho intramolecular Hbond substituents is 4. The molecule has 3 heterocycles. The Morgan fingerprint density at radius 3 is 2.09 bits per heavy atom. The second kappa shape index (κ2) is 17.6. The number of phenols is 4. The van der Waals surface area contributed by atoms with Crippen LogP contribution < -0.4 is 0 Å². The Labute approximate surface area is 302 Å². The number of ether oxygens (including phenoxy) is 7. The number of carbonyl (C=O) groups excluding carboxylic acids is 1. The number of esters is 1. The van der Waals surface area contributed by atoms with Crippen LogP contribution in [0.2, 0.25) is 0 Å². The van der Waals surface area contributed by atoms with Gasteiger partial charge in [0, 0.05) is 6.08 Å². The number of benzene rings is 2. The summed E-state index contributed by atoms with van der Waals surface area (Å²) in [5.41, 5.74) is 0.800. The van der Waals surface area contributed by atoms with Gasteiger partial charge >= 0.3 is 5.97 Å². The van der Waals surface area contributed by atoms with Crippen LogP contribution in [0, 0.1) is 0 Å². The Hall–Kier alpha value is -3.67. The van der Waals surface area contributed by atoms with Gasteiger partial charge in [0.15, 0.2) is 48.0 Å². The Balaban J connectivity index is 1.48. The molecule has 0 aliphatic carbocycles. The van der Waals surface area contributed by atoms with Crippen LogP contribution in [0.3, 0.4) is 0 Å². The first-order valence-electron chi connectivity index (χ1n) is 16.6. The zero-order chi connectivity index (χ0) is 38.6. The molecule has 0 amide bonds. The van der Waals surface area contributed by atoms with Crippen LogP contribution in [0.25, 0.3) is 6.08 Å². The third-order valence-electron chi connectivity index (χ3n) is 8.99. The Kier molecular flexibility index (Phi) is 13.5. The summed E-state index contributed by atoms with van der Waals surface area (Å²) in [6.07, 6.45) is -20.4. The molecule has 3 fully saturated rings. The lowest BCUT2D eigenvalue weighted by molar-refractivity contribution is -0.385. The fourth-order valence-electron chi connectivity index (χ4n) is 5.93. The normalized spacial score (nSPS) is 36.4. The Morgan fingerprint density at radius 1 is 0.755 bits per heavy atom. The van der Waals surface area contributed by atoms with Gasteiger partial charge in [-0.25, -0.2) is 4.79 Å². The molecule has 3 aliphatic rings. The van der Waals surface area contributed by atoms with E-state index in [1.54, 1.807) is 0 Å². The monoisotopic (exact) mass is 756 g/mol. The maximum atomic E-state index is 13.2. The Bertz CT molecular complexity index is 1560. The van der Waals surface area contributed by atoms with Crippen molar-refractivity contribution in [2.24, 2.45) is 0 Å². The van der Waals surface area contributed by atoms with Crippen molar-refractivity contribution >= 4 is 12.0 Å². The molecule has 2 aromatic rings. The van der Waals surface area contributed by atoms with Crippen LogP contribution in [0.5, 0.6) is 23.0 Å². The summed E-state index contributed by atoms with van der Waals surface area (Å²) < 4.78 is 40.9. The van der Waals surface area contributed by atoms with E-state index in [9.17, 15) is 61.0 Å². The molecule has 53 heavy (non-hydrogen) atoms. The van der Waals surface area contributed by atoms with E-state index in [1.165, 1.54) is 49.4 Å². The highest BCUT2D eigenvalue weighted by atomic mass is 16.8. The Morgan fingerprint density at radius 2 is 1.42 bits per heavy atom. The van der Waals surface area contributed by atoms with Gasteiger partial charge in [-0.2, -0.15) is 0 Å². The molecule has 294 valence electrons. The number of aromatic hydroxyl groups is 4. The lowest BCUT2D eigenvalue weighted by atomic mass is 9.96. The summed E-state index contributed by atoms with van der Waals surface area (Å²) in [6, 6.07) is 7.81. The molecule has 19 heteroatoms. The molecule has 11 N–H and O–H groups in total. The number of rotatable bonds is 12. The first-order chi connectivity index (χ1) is 25.2. The topological polar surface area (TPSA) is 304 Å². The highest BCUT2D eigenvalue weighted by Crippen LogP contribution is 2.35. The van der Waals surface area contributed by atoms with E-state index in [1.807, 2.05) is 0 Å².